The maximum atomic E-state index is 12.0. The first-order valence-electron chi connectivity index (χ1n) is 6.83. The van der Waals surface area contributed by atoms with Crippen LogP contribution in [0.5, 0.6) is 0 Å². The molecule has 2 N–H and O–H groups in total. The topological polar surface area (TPSA) is 61.4 Å². The molecule has 2 aromatic rings. The van der Waals surface area contributed by atoms with Crippen LogP contribution < -0.4 is 10.6 Å². The van der Waals surface area contributed by atoms with Gasteiger partial charge in [-0.25, -0.2) is 0 Å². The third-order valence-electron chi connectivity index (χ3n) is 3.90. The average molecular weight is 283 g/mol. The standard InChI is InChI=1S/C16H17N3O2/c1-9(19(2)3)17-13-8-7-12-14-10(13)5-4-6-11(14)15(20)18-16(12)21/h4-9,17H,1-3H3,(H,18,20,21). The number of anilines is 1. The molecule has 1 heterocycles. The highest BCUT2D eigenvalue weighted by Gasteiger charge is 2.25. The first-order valence-corrected chi connectivity index (χ1v) is 6.83. The Kier molecular flexibility index (Phi) is 3.14. The molecule has 5 nitrogen and oxygen atoms in total. The Hall–Kier alpha value is -2.40. The van der Waals surface area contributed by atoms with Gasteiger partial charge in [0, 0.05) is 27.6 Å². The van der Waals surface area contributed by atoms with Crippen molar-refractivity contribution in [2.75, 3.05) is 19.4 Å². The molecule has 0 saturated heterocycles. The third kappa shape index (κ3) is 2.15. The van der Waals surface area contributed by atoms with Crippen molar-refractivity contribution in [2.24, 2.45) is 0 Å². The van der Waals surface area contributed by atoms with Gasteiger partial charge in [-0.3, -0.25) is 19.8 Å². The van der Waals surface area contributed by atoms with Crippen LogP contribution in [0, 0.1) is 0 Å². The quantitative estimate of drug-likeness (QED) is 0.668. The predicted octanol–water partition coefficient (Wildman–Crippen LogP) is 2.04. The first-order chi connectivity index (χ1) is 9.99. The minimum Gasteiger partial charge on any atom is -0.369 e. The molecular formula is C16H17N3O2. The summed E-state index contributed by atoms with van der Waals surface area (Å²) in [6.07, 6.45) is 0.134. The minimum absolute atomic E-state index is 0.134. The lowest BCUT2D eigenvalue weighted by atomic mass is 9.94. The van der Waals surface area contributed by atoms with Crippen molar-refractivity contribution in [1.29, 1.82) is 0 Å². The molecule has 2 aromatic carbocycles. The normalized spacial score (nSPS) is 15.2. The van der Waals surface area contributed by atoms with Crippen molar-refractivity contribution in [1.82, 2.24) is 10.2 Å². The predicted molar refractivity (Wildman–Crippen MR) is 82.5 cm³/mol. The molecule has 3 rings (SSSR count). The second-order valence-corrected chi connectivity index (χ2v) is 5.46. The van der Waals surface area contributed by atoms with Gasteiger partial charge in [-0.15, -0.1) is 0 Å². The number of rotatable bonds is 3. The average Bonchev–Trinajstić information content (AvgIpc) is 2.45. The highest BCUT2D eigenvalue weighted by atomic mass is 16.2. The molecule has 108 valence electrons. The Balaban J connectivity index is 2.21. The Morgan fingerprint density at radius 3 is 2.38 bits per heavy atom. The second kappa shape index (κ2) is 4.86. The molecule has 21 heavy (non-hydrogen) atoms. The van der Waals surface area contributed by atoms with Gasteiger partial charge in [0.25, 0.3) is 11.8 Å². The number of benzene rings is 2. The molecule has 0 bridgehead atoms. The van der Waals surface area contributed by atoms with Gasteiger partial charge in [0.2, 0.25) is 0 Å². The molecule has 1 atom stereocenters. The van der Waals surface area contributed by atoms with E-state index in [1.54, 1.807) is 12.1 Å². The van der Waals surface area contributed by atoms with Gasteiger partial charge in [0.05, 0.1) is 6.17 Å². The molecular weight excluding hydrogens is 266 g/mol. The summed E-state index contributed by atoms with van der Waals surface area (Å²) in [5, 5.41) is 7.38. The molecule has 0 aromatic heterocycles. The lowest BCUT2D eigenvalue weighted by Crippen LogP contribution is -2.35. The lowest BCUT2D eigenvalue weighted by Gasteiger charge is -2.24. The van der Waals surface area contributed by atoms with E-state index in [4.69, 9.17) is 0 Å². The van der Waals surface area contributed by atoms with E-state index in [2.05, 4.69) is 10.6 Å². The Bertz CT molecular complexity index is 732. The lowest BCUT2D eigenvalue weighted by molar-refractivity contribution is 0.0845. The fraction of sp³-hybridized carbons (Fsp3) is 0.250. The molecule has 1 aliphatic heterocycles. The number of imide groups is 1. The van der Waals surface area contributed by atoms with Crippen LogP contribution >= 0.6 is 0 Å². The summed E-state index contributed by atoms with van der Waals surface area (Å²) in [4.78, 5) is 26.0. The molecule has 0 saturated carbocycles. The van der Waals surface area contributed by atoms with E-state index in [1.807, 2.05) is 44.1 Å². The highest BCUT2D eigenvalue weighted by Crippen LogP contribution is 2.32. The first kappa shape index (κ1) is 13.6. The molecule has 0 spiro atoms. The van der Waals surface area contributed by atoms with E-state index in [0.29, 0.717) is 11.1 Å². The van der Waals surface area contributed by atoms with E-state index < -0.39 is 0 Å². The monoisotopic (exact) mass is 283 g/mol. The van der Waals surface area contributed by atoms with Crippen LogP contribution in [0.3, 0.4) is 0 Å². The second-order valence-electron chi connectivity index (χ2n) is 5.46. The van der Waals surface area contributed by atoms with E-state index in [9.17, 15) is 9.59 Å². The third-order valence-corrected chi connectivity index (χ3v) is 3.90. The van der Waals surface area contributed by atoms with Crippen molar-refractivity contribution >= 4 is 28.3 Å². The largest absolute Gasteiger partial charge is 0.369 e. The van der Waals surface area contributed by atoms with Crippen LogP contribution in [0.25, 0.3) is 10.8 Å². The number of nitrogens with one attached hydrogen (secondary N) is 2. The van der Waals surface area contributed by atoms with Gasteiger partial charge in [0.15, 0.2) is 0 Å². The van der Waals surface area contributed by atoms with Crippen LogP contribution in [-0.2, 0) is 0 Å². The molecule has 0 aliphatic carbocycles. The highest BCUT2D eigenvalue weighted by molar-refractivity contribution is 6.26. The van der Waals surface area contributed by atoms with Crippen molar-refractivity contribution < 1.29 is 9.59 Å². The molecule has 1 unspecified atom stereocenters. The van der Waals surface area contributed by atoms with Gasteiger partial charge in [-0.1, -0.05) is 12.1 Å². The van der Waals surface area contributed by atoms with Crippen LogP contribution in [0.2, 0.25) is 0 Å². The summed E-state index contributed by atoms with van der Waals surface area (Å²) >= 11 is 0. The van der Waals surface area contributed by atoms with Gasteiger partial charge in [0.1, 0.15) is 0 Å². The zero-order valence-electron chi connectivity index (χ0n) is 12.2. The number of hydrogen-bond donors (Lipinski definition) is 2. The maximum absolute atomic E-state index is 12.0. The van der Waals surface area contributed by atoms with Crippen molar-refractivity contribution in [3.63, 3.8) is 0 Å². The van der Waals surface area contributed by atoms with E-state index in [1.165, 1.54) is 0 Å². The minimum atomic E-state index is -0.337. The van der Waals surface area contributed by atoms with Gasteiger partial charge >= 0.3 is 0 Å². The number of carbonyl (C=O) groups excluding carboxylic acids is 2. The maximum Gasteiger partial charge on any atom is 0.258 e. The van der Waals surface area contributed by atoms with Crippen LogP contribution in [0.15, 0.2) is 30.3 Å². The Morgan fingerprint density at radius 1 is 1.05 bits per heavy atom. The van der Waals surface area contributed by atoms with Crippen LogP contribution in [0.4, 0.5) is 5.69 Å². The van der Waals surface area contributed by atoms with Gasteiger partial charge in [-0.2, -0.15) is 0 Å². The molecule has 0 fully saturated rings. The number of nitrogens with zero attached hydrogens (tertiary/aromatic N) is 1. The van der Waals surface area contributed by atoms with E-state index in [0.717, 1.165) is 16.5 Å². The zero-order chi connectivity index (χ0) is 15.1. The number of hydrogen-bond acceptors (Lipinski definition) is 4. The van der Waals surface area contributed by atoms with Crippen LogP contribution in [-0.4, -0.2) is 37.0 Å². The molecule has 5 heteroatoms. The molecule has 0 radical (unpaired) electrons. The summed E-state index contributed by atoms with van der Waals surface area (Å²) in [6.45, 7) is 2.05. The van der Waals surface area contributed by atoms with E-state index >= 15 is 0 Å². The SMILES string of the molecule is CC(Nc1ccc2c3c(cccc13)C(=O)NC2=O)N(C)C. The summed E-state index contributed by atoms with van der Waals surface area (Å²) in [5.74, 6) is -0.674. The number of carbonyl (C=O) groups is 2. The number of amides is 2. The Morgan fingerprint density at radius 2 is 1.71 bits per heavy atom. The Labute approximate surface area is 122 Å². The fourth-order valence-corrected chi connectivity index (χ4v) is 2.50. The summed E-state index contributed by atoms with van der Waals surface area (Å²) in [6, 6.07) is 9.16. The van der Waals surface area contributed by atoms with Crippen molar-refractivity contribution in [2.45, 2.75) is 13.1 Å². The zero-order valence-corrected chi connectivity index (χ0v) is 12.2. The smallest absolute Gasteiger partial charge is 0.258 e. The van der Waals surface area contributed by atoms with Crippen molar-refractivity contribution in [3.8, 4) is 0 Å². The van der Waals surface area contributed by atoms with E-state index in [-0.39, 0.29) is 18.0 Å². The fourth-order valence-electron chi connectivity index (χ4n) is 2.50. The summed E-state index contributed by atoms with van der Waals surface area (Å²) in [7, 11) is 3.97. The van der Waals surface area contributed by atoms with Crippen molar-refractivity contribution in [3.05, 3.63) is 41.5 Å². The molecule has 1 aliphatic rings. The van der Waals surface area contributed by atoms with Gasteiger partial charge < -0.3 is 5.32 Å². The molecule has 2 amide bonds. The summed E-state index contributed by atoms with van der Waals surface area (Å²) < 4.78 is 0. The summed E-state index contributed by atoms with van der Waals surface area (Å²) in [5.41, 5.74) is 2.01. The van der Waals surface area contributed by atoms with Gasteiger partial charge in [-0.05, 0) is 39.2 Å². The van der Waals surface area contributed by atoms with Crippen LogP contribution in [0.1, 0.15) is 27.6 Å².